The number of anilines is 2. The summed E-state index contributed by atoms with van der Waals surface area (Å²) in [4.78, 5) is 14.7. The summed E-state index contributed by atoms with van der Waals surface area (Å²) in [5.74, 6) is -0.572. The maximum absolute atomic E-state index is 12.4. The SMILES string of the molecule is N#C/C(=C\c1ccc(N2CCCCCC2)cc1)C(=O)Nc1ccc(S(N)(=O)=O)cc1. The summed E-state index contributed by atoms with van der Waals surface area (Å²) < 4.78 is 22.6. The van der Waals surface area contributed by atoms with Crippen LogP contribution in [0.5, 0.6) is 0 Å². The first-order chi connectivity index (χ1) is 14.4. The van der Waals surface area contributed by atoms with Crippen molar-refractivity contribution < 1.29 is 13.2 Å². The van der Waals surface area contributed by atoms with Crippen molar-refractivity contribution in [1.82, 2.24) is 0 Å². The van der Waals surface area contributed by atoms with Gasteiger partial charge in [-0.3, -0.25) is 4.79 Å². The summed E-state index contributed by atoms with van der Waals surface area (Å²) in [6, 6.07) is 15.2. The molecule has 0 aliphatic carbocycles. The number of carbonyl (C=O) groups excluding carboxylic acids is 1. The minimum absolute atomic E-state index is 0.0481. The molecule has 0 radical (unpaired) electrons. The Balaban J connectivity index is 1.70. The van der Waals surface area contributed by atoms with E-state index in [1.54, 1.807) is 0 Å². The van der Waals surface area contributed by atoms with Crippen molar-refractivity contribution in [3.05, 3.63) is 59.7 Å². The molecule has 1 saturated heterocycles. The van der Waals surface area contributed by atoms with Crippen LogP contribution in [-0.2, 0) is 14.8 Å². The second-order valence-electron chi connectivity index (χ2n) is 7.19. The lowest BCUT2D eigenvalue weighted by molar-refractivity contribution is -0.112. The van der Waals surface area contributed by atoms with Crippen LogP contribution in [0.15, 0.2) is 59.0 Å². The molecular formula is C22H24N4O3S. The third-order valence-electron chi connectivity index (χ3n) is 4.98. The normalized spacial score (nSPS) is 15.2. The Bertz CT molecular complexity index is 1060. The van der Waals surface area contributed by atoms with E-state index in [0.29, 0.717) is 5.69 Å². The maximum Gasteiger partial charge on any atom is 0.266 e. The van der Waals surface area contributed by atoms with Gasteiger partial charge in [-0.25, -0.2) is 13.6 Å². The van der Waals surface area contributed by atoms with Gasteiger partial charge in [0.15, 0.2) is 0 Å². The van der Waals surface area contributed by atoms with Gasteiger partial charge in [0.05, 0.1) is 4.90 Å². The van der Waals surface area contributed by atoms with Crippen LogP contribution in [0.2, 0.25) is 0 Å². The molecule has 1 aliphatic heterocycles. The summed E-state index contributed by atoms with van der Waals surface area (Å²) in [5, 5.41) is 17.0. The van der Waals surface area contributed by atoms with Crippen molar-refractivity contribution >= 4 is 33.4 Å². The number of amides is 1. The number of sulfonamides is 1. The van der Waals surface area contributed by atoms with Gasteiger partial charge in [-0.05, 0) is 60.9 Å². The summed E-state index contributed by atoms with van der Waals surface area (Å²) in [6.45, 7) is 2.09. The Hall–Kier alpha value is -3.15. The lowest BCUT2D eigenvalue weighted by atomic mass is 10.1. The molecule has 1 fully saturated rings. The van der Waals surface area contributed by atoms with Crippen LogP contribution in [0.4, 0.5) is 11.4 Å². The fourth-order valence-electron chi connectivity index (χ4n) is 3.35. The standard InChI is InChI=1S/C22H24N4O3S/c23-16-18(22(27)25-19-7-11-21(12-8-19)30(24,28)29)15-17-5-9-20(10-6-17)26-13-3-1-2-4-14-26/h5-12,15H,1-4,13-14H2,(H,25,27)(H2,24,28,29)/b18-15+. The maximum atomic E-state index is 12.4. The molecule has 0 spiro atoms. The number of primary sulfonamides is 1. The lowest BCUT2D eigenvalue weighted by Gasteiger charge is -2.22. The molecule has 3 N–H and O–H groups in total. The molecule has 2 aromatic carbocycles. The molecule has 30 heavy (non-hydrogen) atoms. The number of carbonyl (C=O) groups is 1. The molecule has 1 aliphatic rings. The molecule has 0 unspecified atom stereocenters. The summed E-state index contributed by atoms with van der Waals surface area (Å²) >= 11 is 0. The number of hydrogen-bond donors (Lipinski definition) is 2. The molecule has 156 valence electrons. The highest BCUT2D eigenvalue weighted by atomic mass is 32.2. The van der Waals surface area contributed by atoms with E-state index in [1.807, 2.05) is 30.3 Å². The van der Waals surface area contributed by atoms with Crippen molar-refractivity contribution in [2.24, 2.45) is 5.14 Å². The van der Waals surface area contributed by atoms with Gasteiger partial charge in [0, 0.05) is 24.5 Å². The van der Waals surface area contributed by atoms with Crippen molar-refractivity contribution in [3.63, 3.8) is 0 Å². The molecule has 7 nitrogen and oxygen atoms in total. The van der Waals surface area contributed by atoms with E-state index in [4.69, 9.17) is 5.14 Å². The minimum Gasteiger partial charge on any atom is -0.372 e. The smallest absolute Gasteiger partial charge is 0.266 e. The molecule has 0 atom stereocenters. The zero-order valence-electron chi connectivity index (χ0n) is 16.5. The largest absolute Gasteiger partial charge is 0.372 e. The van der Waals surface area contributed by atoms with Crippen molar-refractivity contribution in [2.45, 2.75) is 30.6 Å². The Labute approximate surface area is 176 Å². The van der Waals surface area contributed by atoms with Gasteiger partial charge < -0.3 is 10.2 Å². The fourth-order valence-corrected chi connectivity index (χ4v) is 3.87. The van der Waals surface area contributed by atoms with Gasteiger partial charge in [0.1, 0.15) is 11.6 Å². The highest BCUT2D eigenvalue weighted by Crippen LogP contribution is 2.21. The molecular weight excluding hydrogens is 400 g/mol. The molecule has 2 aromatic rings. The topological polar surface area (TPSA) is 116 Å². The van der Waals surface area contributed by atoms with Crippen LogP contribution in [0.3, 0.4) is 0 Å². The second-order valence-corrected chi connectivity index (χ2v) is 8.75. The Morgan fingerprint density at radius 3 is 2.13 bits per heavy atom. The third kappa shape index (κ3) is 5.69. The van der Waals surface area contributed by atoms with Crippen LogP contribution in [-0.4, -0.2) is 27.4 Å². The quantitative estimate of drug-likeness (QED) is 0.564. The Morgan fingerprint density at radius 2 is 1.60 bits per heavy atom. The van der Waals surface area contributed by atoms with Gasteiger partial charge in [-0.15, -0.1) is 0 Å². The fraction of sp³-hybridized carbons (Fsp3) is 0.273. The molecule has 3 rings (SSSR count). The second kappa shape index (κ2) is 9.57. The van der Waals surface area contributed by atoms with Crippen LogP contribution in [0.1, 0.15) is 31.2 Å². The van der Waals surface area contributed by atoms with E-state index in [9.17, 15) is 18.5 Å². The molecule has 0 aromatic heterocycles. The predicted molar refractivity (Wildman–Crippen MR) is 117 cm³/mol. The summed E-state index contributed by atoms with van der Waals surface area (Å²) in [7, 11) is -3.80. The number of benzene rings is 2. The van der Waals surface area contributed by atoms with E-state index in [1.165, 1.54) is 56.0 Å². The van der Waals surface area contributed by atoms with Crippen LogP contribution in [0.25, 0.3) is 6.08 Å². The average Bonchev–Trinajstić information content (AvgIpc) is 3.01. The van der Waals surface area contributed by atoms with E-state index in [0.717, 1.165) is 24.3 Å². The number of nitrogens with one attached hydrogen (secondary N) is 1. The van der Waals surface area contributed by atoms with E-state index < -0.39 is 15.9 Å². The lowest BCUT2D eigenvalue weighted by Crippen LogP contribution is -2.23. The van der Waals surface area contributed by atoms with E-state index >= 15 is 0 Å². The van der Waals surface area contributed by atoms with Gasteiger partial charge in [0.25, 0.3) is 5.91 Å². The number of hydrogen-bond acceptors (Lipinski definition) is 5. The highest BCUT2D eigenvalue weighted by Gasteiger charge is 2.13. The predicted octanol–water partition coefficient (Wildman–Crippen LogP) is 3.26. The van der Waals surface area contributed by atoms with E-state index in [2.05, 4.69) is 10.2 Å². The average molecular weight is 425 g/mol. The minimum atomic E-state index is -3.80. The molecule has 8 heteroatoms. The van der Waals surface area contributed by atoms with Crippen LogP contribution in [0, 0.1) is 11.3 Å². The van der Waals surface area contributed by atoms with Gasteiger partial charge in [-0.1, -0.05) is 25.0 Å². The van der Waals surface area contributed by atoms with Gasteiger partial charge in [-0.2, -0.15) is 5.26 Å². The molecule has 0 saturated carbocycles. The zero-order chi connectivity index (χ0) is 21.6. The van der Waals surface area contributed by atoms with Crippen LogP contribution < -0.4 is 15.4 Å². The highest BCUT2D eigenvalue weighted by molar-refractivity contribution is 7.89. The van der Waals surface area contributed by atoms with Gasteiger partial charge >= 0.3 is 0 Å². The van der Waals surface area contributed by atoms with Crippen LogP contribution >= 0.6 is 0 Å². The first kappa shape index (κ1) is 21.6. The molecule has 1 amide bonds. The third-order valence-corrected chi connectivity index (χ3v) is 5.91. The Kier molecular flexibility index (Phi) is 6.87. The number of nitrogens with zero attached hydrogens (tertiary/aromatic N) is 2. The number of nitriles is 1. The number of rotatable bonds is 5. The first-order valence-electron chi connectivity index (χ1n) is 9.78. The number of nitrogens with two attached hydrogens (primary N) is 1. The van der Waals surface area contributed by atoms with Crippen molar-refractivity contribution in [2.75, 3.05) is 23.3 Å². The monoisotopic (exact) mass is 424 g/mol. The molecule has 0 bridgehead atoms. The summed E-state index contributed by atoms with van der Waals surface area (Å²) in [5.41, 5.74) is 2.22. The zero-order valence-corrected chi connectivity index (χ0v) is 17.4. The summed E-state index contributed by atoms with van der Waals surface area (Å²) in [6.07, 6.45) is 6.45. The van der Waals surface area contributed by atoms with Crippen molar-refractivity contribution in [3.8, 4) is 6.07 Å². The first-order valence-corrected chi connectivity index (χ1v) is 11.3. The molecule has 1 heterocycles. The van der Waals surface area contributed by atoms with E-state index in [-0.39, 0.29) is 10.5 Å². The van der Waals surface area contributed by atoms with Crippen molar-refractivity contribution in [1.29, 1.82) is 5.26 Å². The Morgan fingerprint density at radius 1 is 1.00 bits per heavy atom. The van der Waals surface area contributed by atoms with Gasteiger partial charge in [0.2, 0.25) is 10.0 Å².